The second-order valence-electron chi connectivity index (χ2n) is 4.53. The average molecular weight is 317 g/mol. The van der Waals surface area contributed by atoms with E-state index >= 15 is 0 Å². The maximum atomic E-state index is 11.4. The fourth-order valence-electron chi connectivity index (χ4n) is 2.25. The summed E-state index contributed by atoms with van der Waals surface area (Å²) in [6, 6.07) is 11.0. The van der Waals surface area contributed by atoms with Crippen molar-refractivity contribution in [2.24, 2.45) is 0 Å². The number of hydrogen-bond donors (Lipinski definition) is 2. The highest BCUT2D eigenvalue weighted by molar-refractivity contribution is 6.30. The fraction of sp³-hybridized carbons (Fsp3) is 0. The first-order chi connectivity index (χ1) is 10.5. The van der Waals surface area contributed by atoms with Crippen LogP contribution in [0.4, 0.5) is 0 Å². The van der Waals surface area contributed by atoms with Gasteiger partial charge in [-0.25, -0.2) is 14.6 Å². The predicted molar refractivity (Wildman–Crippen MR) is 79.6 cm³/mol. The first kappa shape index (κ1) is 14.1. The summed E-state index contributed by atoms with van der Waals surface area (Å²) in [5.74, 6) is -2.16. The van der Waals surface area contributed by atoms with Gasteiger partial charge in [0.15, 0.2) is 5.69 Å². The second-order valence-corrected chi connectivity index (χ2v) is 4.97. The van der Waals surface area contributed by atoms with E-state index < -0.39 is 11.9 Å². The van der Waals surface area contributed by atoms with Crippen LogP contribution in [0.5, 0.6) is 0 Å². The summed E-state index contributed by atoms with van der Waals surface area (Å²) in [6.45, 7) is 0. The molecule has 0 aliphatic heterocycles. The minimum absolute atomic E-state index is 0.0672. The maximum Gasteiger partial charge on any atom is 0.356 e. The van der Waals surface area contributed by atoms with Crippen LogP contribution in [-0.4, -0.2) is 31.5 Å². The van der Waals surface area contributed by atoms with Crippen molar-refractivity contribution in [2.45, 2.75) is 0 Å². The molecule has 0 radical (unpaired) electrons. The molecule has 1 aromatic carbocycles. The lowest BCUT2D eigenvalue weighted by Gasteiger charge is -2.05. The van der Waals surface area contributed by atoms with Crippen molar-refractivity contribution in [2.75, 3.05) is 0 Å². The molecule has 3 aromatic rings. The van der Waals surface area contributed by atoms with Crippen molar-refractivity contribution in [3.05, 3.63) is 58.9 Å². The zero-order valence-corrected chi connectivity index (χ0v) is 11.8. The number of aromatic carboxylic acids is 2. The van der Waals surface area contributed by atoms with Crippen molar-refractivity contribution >= 4 is 29.1 Å². The summed E-state index contributed by atoms with van der Waals surface area (Å²) < 4.78 is 1.31. The Morgan fingerprint density at radius 3 is 2.27 bits per heavy atom. The number of nitrogens with zero attached hydrogens (tertiary/aromatic N) is 2. The highest BCUT2D eigenvalue weighted by Gasteiger charge is 2.21. The number of imidazole rings is 1. The molecule has 2 aromatic heterocycles. The number of halogens is 1. The SMILES string of the molecule is O=C(O)c1nc(-c2ccc(Cl)cc2)n2c(C(=O)O)cccc12. The number of hydrogen-bond acceptors (Lipinski definition) is 3. The van der Waals surface area contributed by atoms with Gasteiger partial charge < -0.3 is 10.2 Å². The van der Waals surface area contributed by atoms with Gasteiger partial charge in [0.1, 0.15) is 11.5 Å². The number of aromatic nitrogens is 2. The van der Waals surface area contributed by atoms with Crippen LogP contribution in [-0.2, 0) is 0 Å². The van der Waals surface area contributed by atoms with Gasteiger partial charge in [-0.2, -0.15) is 0 Å². The predicted octanol–water partition coefficient (Wildman–Crippen LogP) is 3.05. The highest BCUT2D eigenvalue weighted by Crippen LogP contribution is 2.26. The van der Waals surface area contributed by atoms with E-state index in [1.54, 1.807) is 24.3 Å². The molecule has 110 valence electrons. The summed E-state index contributed by atoms with van der Waals surface area (Å²) in [7, 11) is 0. The molecule has 0 saturated heterocycles. The summed E-state index contributed by atoms with van der Waals surface area (Å²) in [5, 5.41) is 19.1. The van der Waals surface area contributed by atoms with Gasteiger partial charge in [-0.05, 0) is 36.4 Å². The van der Waals surface area contributed by atoms with Crippen LogP contribution in [0.25, 0.3) is 16.9 Å². The van der Waals surface area contributed by atoms with E-state index in [1.165, 1.54) is 22.6 Å². The number of carboxylic acids is 2. The molecule has 0 unspecified atom stereocenters. The molecule has 0 fully saturated rings. The lowest BCUT2D eigenvalue weighted by atomic mass is 10.2. The van der Waals surface area contributed by atoms with Gasteiger partial charge in [0.25, 0.3) is 0 Å². The quantitative estimate of drug-likeness (QED) is 0.774. The van der Waals surface area contributed by atoms with Gasteiger partial charge in [0.2, 0.25) is 0 Å². The van der Waals surface area contributed by atoms with Crippen LogP contribution < -0.4 is 0 Å². The molecule has 0 atom stereocenters. The van der Waals surface area contributed by atoms with Gasteiger partial charge in [-0.1, -0.05) is 17.7 Å². The van der Waals surface area contributed by atoms with Crippen molar-refractivity contribution in [1.82, 2.24) is 9.38 Å². The lowest BCUT2D eigenvalue weighted by Crippen LogP contribution is -2.06. The molecule has 3 rings (SSSR count). The highest BCUT2D eigenvalue weighted by atomic mass is 35.5. The van der Waals surface area contributed by atoms with Gasteiger partial charge in [-0.15, -0.1) is 0 Å². The molecular formula is C15H9ClN2O4. The molecule has 0 saturated carbocycles. The van der Waals surface area contributed by atoms with E-state index in [9.17, 15) is 19.8 Å². The minimum Gasteiger partial charge on any atom is -0.477 e. The molecule has 2 N–H and O–H groups in total. The summed E-state index contributed by atoms with van der Waals surface area (Å²) >= 11 is 5.84. The zero-order chi connectivity index (χ0) is 15.9. The monoisotopic (exact) mass is 316 g/mol. The number of fused-ring (bicyclic) bond motifs is 1. The van der Waals surface area contributed by atoms with Crippen molar-refractivity contribution in [3.63, 3.8) is 0 Å². The van der Waals surface area contributed by atoms with Gasteiger partial charge in [0, 0.05) is 10.6 Å². The van der Waals surface area contributed by atoms with Crippen molar-refractivity contribution in [3.8, 4) is 11.4 Å². The maximum absolute atomic E-state index is 11.4. The molecular weight excluding hydrogens is 308 g/mol. The summed E-state index contributed by atoms with van der Waals surface area (Å²) in [5.41, 5.74) is 0.522. The van der Waals surface area contributed by atoms with Gasteiger partial charge >= 0.3 is 11.9 Å². The minimum atomic E-state index is -1.22. The van der Waals surface area contributed by atoms with E-state index in [4.69, 9.17) is 11.6 Å². The molecule has 0 amide bonds. The largest absolute Gasteiger partial charge is 0.477 e. The number of carbonyl (C=O) groups is 2. The topological polar surface area (TPSA) is 91.9 Å². The third-order valence-corrected chi connectivity index (χ3v) is 3.44. The first-order valence-electron chi connectivity index (χ1n) is 6.23. The normalized spacial score (nSPS) is 10.8. The first-order valence-corrected chi connectivity index (χ1v) is 6.61. The third kappa shape index (κ3) is 2.19. The Morgan fingerprint density at radius 2 is 1.68 bits per heavy atom. The van der Waals surface area contributed by atoms with E-state index in [0.29, 0.717) is 10.6 Å². The number of benzene rings is 1. The second kappa shape index (κ2) is 5.16. The van der Waals surface area contributed by atoms with Crippen molar-refractivity contribution < 1.29 is 19.8 Å². The molecule has 0 bridgehead atoms. The smallest absolute Gasteiger partial charge is 0.356 e. The Balaban J connectivity index is 2.40. The van der Waals surface area contributed by atoms with Gasteiger partial charge in [0.05, 0.1) is 5.52 Å². The van der Waals surface area contributed by atoms with Crippen molar-refractivity contribution in [1.29, 1.82) is 0 Å². The number of pyridine rings is 1. The molecule has 7 heteroatoms. The van der Waals surface area contributed by atoms with Crippen LogP contribution in [0.1, 0.15) is 21.0 Å². The Morgan fingerprint density at radius 1 is 1.00 bits per heavy atom. The Hall–Kier alpha value is -2.86. The molecule has 2 heterocycles. The Kier molecular flexibility index (Phi) is 3.30. The Bertz CT molecular complexity index is 900. The average Bonchev–Trinajstić information content (AvgIpc) is 2.87. The van der Waals surface area contributed by atoms with Crippen LogP contribution in [0.15, 0.2) is 42.5 Å². The molecule has 0 spiro atoms. The molecule has 0 aliphatic rings. The zero-order valence-electron chi connectivity index (χ0n) is 11.0. The molecule has 22 heavy (non-hydrogen) atoms. The van der Waals surface area contributed by atoms with Crippen LogP contribution in [0, 0.1) is 0 Å². The molecule has 0 aliphatic carbocycles. The van der Waals surface area contributed by atoms with E-state index in [2.05, 4.69) is 4.98 Å². The van der Waals surface area contributed by atoms with E-state index in [1.807, 2.05) is 0 Å². The number of carboxylic acid groups (broad SMARTS) is 2. The number of rotatable bonds is 3. The summed E-state index contributed by atoms with van der Waals surface area (Å²) in [6.07, 6.45) is 0. The lowest BCUT2D eigenvalue weighted by molar-refractivity contribution is 0.0678. The summed E-state index contributed by atoms with van der Waals surface area (Å²) in [4.78, 5) is 26.9. The van der Waals surface area contributed by atoms with Crippen LogP contribution in [0.3, 0.4) is 0 Å². The van der Waals surface area contributed by atoms with E-state index in [-0.39, 0.29) is 22.7 Å². The van der Waals surface area contributed by atoms with Crippen LogP contribution >= 0.6 is 11.6 Å². The Labute approximate surface area is 129 Å². The van der Waals surface area contributed by atoms with E-state index in [0.717, 1.165) is 0 Å². The fourth-order valence-corrected chi connectivity index (χ4v) is 2.38. The third-order valence-electron chi connectivity index (χ3n) is 3.19. The molecule has 6 nitrogen and oxygen atoms in total. The van der Waals surface area contributed by atoms with Gasteiger partial charge in [-0.3, -0.25) is 4.40 Å². The standard InChI is InChI=1S/C15H9ClN2O4/c16-9-6-4-8(5-7-9)13-17-12(15(21)22)10-2-1-3-11(14(19)20)18(10)13/h1-7H,(H,19,20)(H,21,22). The van der Waals surface area contributed by atoms with Crippen LogP contribution in [0.2, 0.25) is 5.02 Å².